The number of hydrogen-bond acceptors (Lipinski definition) is 4. The van der Waals surface area contributed by atoms with Gasteiger partial charge >= 0.3 is 5.97 Å². The second kappa shape index (κ2) is 3.19. The second-order valence-corrected chi connectivity index (χ2v) is 2.19. The Kier molecular flexibility index (Phi) is 2.25. The van der Waals surface area contributed by atoms with Gasteiger partial charge in [-0.3, -0.25) is 9.36 Å². The molecule has 1 heterocycles. The maximum absolute atomic E-state index is 10.9. The number of aromatic nitrogens is 1. The topological polar surface area (TPSA) is 74.3 Å². The maximum atomic E-state index is 10.9. The monoisotopic (exact) mass is 168 g/mol. The standard InChI is InChI=1S/C7H8N2O3/c1-5(10)9-4-2-3-6(9)7(11)12-8/h2-4H,8H2,1H3. The summed E-state index contributed by atoms with van der Waals surface area (Å²) >= 11 is 0. The highest BCUT2D eigenvalue weighted by Gasteiger charge is 2.12. The molecule has 0 amide bonds. The van der Waals surface area contributed by atoms with Crippen molar-refractivity contribution in [3.63, 3.8) is 0 Å². The number of nitrogens with two attached hydrogens (primary N) is 1. The third-order valence-corrected chi connectivity index (χ3v) is 1.40. The molecular formula is C7H8N2O3. The molecule has 0 aliphatic heterocycles. The van der Waals surface area contributed by atoms with Crippen LogP contribution in [-0.2, 0) is 4.84 Å². The molecule has 0 bridgehead atoms. The molecule has 5 nitrogen and oxygen atoms in total. The highest BCUT2D eigenvalue weighted by atomic mass is 16.7. The van der Waals surface area contributed by atoms with Crippen LogP contribution in [0.3, 0.4) is 0 Å². The van der Waals surface area contributed by atoms with Gasteiger partial charge in [0.2, 0.25) is 5.91 Å². The van der Waals surface area contributed by atoms with E-state index in [-0.39, 0.29) is 11.6 Å². The SMILES string of the molecule is CC(=O)n1cccc1C(=O)ON. The van der Waals surface area contributed by atoms with Gasteiger partial charge in [0.05, 0.1) is 0 Å². The van der Waals surface area contributed by atoms with Crippen molar-refractivity contribution in [2.24, 2.45) is 5.90 Å². The van der Waals surface area contributed by atoms with Crippen molar-refractivity contribution < 1.29 is 14.4 Å². The third-order valence-electron chi connectivity index (χ3n) is 1.40. The summed E-state index contributed by atoms with van der Waals surface area (Å²) in [6.07, 6.45) is 1.47. The molecule has 0 aliphatic rings. The molecular weight excluding hydrogens is 160 g/mol. The van der Waals surface area contributed by atoms with Crippen molar-refractivity contribution in [1.82, 2.24) is 4.57 Å². The number of carbonyl (C=O) groups excluding carboxylic acids is 2. The molecule has 0 saturated carbocycles. The first-order chi connectivity index (χ1) is 5.66. The summed E-state index contributed by atoms with van der Waals surface area (Å²) in [6.45, 7) is 1.34. The first kappa shape index (κ1) is 8.48. The summed E-state index contributed by atoms with van der Waals surface area (Å²) in [5.41, 5.74) is 0.130. The van der Waals surface area contributed by atoms with Crippen LogP contribution in [0.15, 0.2) is 18.3 Å². The zero-order valence-corrected chi connectivity index (χ0v) is 6.48. The molecule has 0 saturated heterocycles. The minimum Gasteiger partial charge on any atom is -0.369 e. The van der Waals surface area contributed by atoms with Crippen LogP contribution in [0.4, 0.5) is 0 Å². The molecule has 2 N–H and O–H groups in total. The third kappa shape index (κ3) is 1.35. The molecule has 0 unspecified atom stereocenters. The molecule has 1 aromatic heterocycles. The first-order valence-corrected chi connectivity index (χ1v) is 3.26. The van der Waals surface area contributed by atoms with Crippen molar-refractivity contribution in [2.45, 2.75) is 6.92 Å². The van der Waals surface area contributed by atoms with Crippen LogP contribution in [-0.4, -0.2) is 16.4 Å². The van der Waals surface area contributed by atoms with Gasteiger partial charge in [0.1, 0.15) is 5.69 Å². The van der Waals surface area contributed by atoms with Gasteiger partial charge in [0.25, 0.3) is 0 Å². The molecule has 0 aliphatic carbocycles. The molecule has 0 spiro atoms. The number of rotatable bonds is 1. The Balaban J connectivity index is 3.07. The summed E-state index contributed by atoms with van der Waals surface area (Å²) in [4.78, 5) is 25.7. The van der Waals surface area contributed by atoms with E-state index in [1.165, 1.54) is 19.2 Å². The van der Waals surface area contributed by atoms with Gasteiger partial charge < -0.3 is 4.84 Å². The Morgan fingerprint density at radius 3 is 2.75 bits per heavy atom. The van der Waals surface area contributed by atoms with Gasteiger partial charge in [-0.15, -0.1) is 0 Å². The number of carbonyl (C=O) groups is 2. The van der Waals surface area contributed by atoms with E-state index >= 15 is 0 Å². The zero-order chi connectivity index (χ0) is 9.14. The summed E-state index contributed by atoms with van der Waals surface area (Å²) in [5.74, 6) is 3.67. The number of hydrogen-bond donors (Lipinski definition) is 1. The lowest BCUT2D eigenvalue weighted by Gasteiger charge is -2.00. The van der Waals surface area contributed by atoms with Crippen LogP contribution >= 0.6 is 0 Å². The molecule has 1 aromatic rings. The van der Waals surface area contributed by atoms with Crippen LogP contribution in [0.1, 0.15) is 22.2 Å². The molecule has 64 valence electrons. The highest BCUT2D eigenvalue weighted by Crippen LogP contribution is 2.02. The maximum Gasteiger partial charge on any atom is 0.373 e. The fourth-order valence-electron chi connectivity index (χ4n) is 0.882. The normalized spacial score (nSPS) is 9.50. The van der Waals surface area contributed by atoms with E-state index in [9.17, 15) is 9.59 Å². The fourth-order valence-corrected chi connectivity index (χ4v) is 0.882. The summed E-state index contributed by atoms with van der Waals surface area (Å²) in [7, 11) is 0. The van der Waals surface area contributed by atoms with E-state index in [2.05, 4.69) is 10.7 Å². The van der Waals surface area contributed by atoms with Crippen LogP contribution in [0, 0.1) is 0 Å². The van der Waals surface area contributed by atoms with Crippen LogP contribution in [0.2, 0.25) is 0 Å². The molecule has 0 aromatic carbocycles. The van der Waals surface area contributed by atoms with Gasteiger partial charge in [-0.1, -0.05) is 0 Å². The molecule has 12 heavy (non-hydrogen) atoms. The average molecular weight is 168 g/mol. The van der Waals surface area contributed by atoms with Crippen molar-refractivity contribution >= 4 is 11.9 Å². The largest absolute Gasteiger partial charge is 0.373 e. The lowest BCUT2D eigenvalue weighted by Crippen LogP contribution is -2.17. The molecule has 0 atom stereocenters. The Morgan fingerprint density at radius 2 is 2.25 bits per heavy atom. The second-order valence-electron chi connectivity index (χ2n) is 2.19. The van der Waals surface area contributed by atoms with Gasteiger partial charge in [0, 0.05) is 13.1 Å². The average Bonchev–Trinajstić information content (AvgIpc) is 2.50. The first-order valence-electron chi connectivity index (χ1n) is 3.26. The fraction of sp³-hybridized carbons (Fsp3) is 0.143. The van der Waals surface area contributed by atoms with E-state index in [0.717, 1.165) is 4.57 Å². The molecule has 0 radical (unpaired) electrons. The Morgan fingerprint density at radius 1 is 1.58 bits per heavy atom. The lowest BCUT2D eigenvalue weighted by molar-refractivity contribution is 0.0486. The van der Waals surface area contributed by atoms with Crippen molar-refractivity contribution in [2.75, 3.05) is 0 Å². The molecule has 5 heteroatoms. The Bertz CT molecular complexity index is 316. The van der Waals surface area contributed by atoms with E-state index in [1.54, 1.807) is 6.07 Å². The zero-order valence-electron chi connectivity index (χ0n) is 6.48. The Hall–Kier alpha value is -1.62. The van der Waals surface area contributed by atoms with Crippen LogP contribution < -0.4 is 5.90 Å². The summed E-state index contributed by atoms with van der Waals surface area (Å²) in [6, 6.07) is 3.02. The van der Waals surface area contributed by atoms with Gasteiger partial charge in [0.15, 0.2) is 0 Å². The smallest absolute Gasteiger partial charge is 0.369 e. The molecule has 0 fully saturated rings. The van der Waals surface area contributed by atoms with Gasteiger partial charge in [-0.2, -0.15) is 5.90 Å². The lowest BCUT2D eigenvalue weighted by atomic mass is 10.4. The van der Waals surface area contributed by atoms with Crippen LogP contribution in [0.5, 0.6) is 0 Å². The minimum absolute atomic E-state index is 0.130. The highest BCUT2D eigenvalue weighted by molar-refractivity contribution is 5.92. The predicted octanol–water partition coefficient (Wildman–Crippen LogP) is 0.179. The Labute approximate surface area is 68.7 Å². The van der Waals surface area contributed by atoms with Gasteiger partial charge in [-0.25, -0.2) is 4.79 Å². The quantitative estimate of drug-likeness (QED) is 0.607. The van der Waals surface area contributed by atoms with Crippen molar-refractivity contribution in [3.05, 3.63) is 24.0 Å². The van der Waals surface area contributed by atoms with E-state index in [0.29, 0.717) is 0 Å². The number of nitrogens with zero attached hydrogens (tertiary/aromatic N) is 1. The summed E-state index contributed by atoms with van der Waals surface area (Å²) in [5, 5.41) is 0. The van der Waals surface area contributed by atoms with E-state index in [1.807, 2.05) is 0 Å². The molecule has 1 rings (SSSR count). The van der Waals surface area contributed by atoms with Crippen molar-refractivity contribution in [1.29, 1.82) is 0 Å². The minimum atomic E-state index is -0.727. The van der Waals surface area contributed by atoms with E-state index < -0.39 is 5.97 Å². The van der Waals surface area contributed by atoms with Crippen LogP contribution in [0.25, 0.3) is 0 Å². The van der Waals surface area contributed by atoms with E-state index in [4.69, 9.17) is 0 Å². The summed E-state index contributed by atoms with van der Waals surface area (Å²) < 4.78 is 1.16. The predicted molar refractivity (Wildman–Crippen MR) is 40.3 cm³/mol. The van der Waals surface area contributed by atoms with Crippen molar-refractivity contribution in [3.8, 4) is 0 Å². The van der Waals surface area contributed by atoms with Gasteiger partial charge in [-0.05, 0) is 12.1 Å².